The standard InChI is InChI=1S/C34H40N6O5/c1-21(2)16-28(40-34(44)29-18-26-27(39-29)10-7-11-30(26)45-3)33(43)38-25(13-12-23-14-15-36-31(23)41)17-24(19-35)32(42)37-20-22-8-5-4-6-9-22/h4-11,17-18,21,23,25,28,39H,12-16,20H2,1-3H3,(H,36,41)(H,37,42)(H,38,43)(H,40,44)/b24-17-/t23?,25-,28-/m0/s1. The smallest absolute Gasteiger partial charge is 0.268 e. The molecule has 1 aliphatic rings. The maximum atomic E-state index is 13.7. The lowest BCUT2D eigenvalue weighted by molar-refractivity contribution is -0.124. The van der Waals surface area contributed by atoms with Crippen LogP contribution in [0, 0.1) is 23.2 Å². The number of fused-ring (bicyclic) bond motifs is 1. The van der Waals surface area contributed by atoms with Crippen LogP contribution in [-0.4, -0.2) is 54.4 Å². The monoisotopic (exact) mass is 612 g/mol. The van der Waals surface area contributed by atoms with Gasteiger partial charge >= 0.3 is 0 Å². The first-order valence-corrected chi connectivity index (χ1v) is 15.2. The highest BCUT2D eigenvalue weighted by atomic mass is 16.5. The maximum absolute atomic E-state index is 13.7. The van der Waals surface area contributed by atoms with Crippen molar-refractivity contribution in [3.8, 4) is 11.8 Å². The summed E-state index contributed by atoms with van der Waals surface area (Å²) in [6.45, 7) is 4.71. The molecule has 45 heavy (non-hydrogen) atoms. The molecule has 0 bridgehead atoms. The zero-order chi connectivity index (χ0) is 32.3. The van der Waals surface area contributed by atoms with Gasteiger partial charge in [0, 0.05) is 36.0 Å². The SMILES string of the molecule is COc1cccc2[nH]c(C(=O)N[C@@H](CC(C)C)C(=O)N[C@H](/C=C(/C#N)C(=O)NCc3ccccc3)CCC3CCNC3=O)cc12. The Kier molecular flexibility index (Phi) is 11.3. The van der Waals surface area contributed by atoms with Crippen LogP contribution in [0.2, 0.25) is 0 Å². The van der Waals surface area contributed by atoms with Crippen LogP contribution >= 0.6 is 0 Å². The molecule has 3 aromatic rings. The van der Waals surface area contributed by atoms with Crippen LogP contribution in [-0.2, 0) is 20.9 Å². The maximum Gasteiger partial charge on any atom is 0.268 e. The Morgan fingerprint density at radius 2 is 1.89 bits per heavy atom. The van der Waals surface area contributed by atoms with E-state index in [1.807, 2.05) is 62.4 Å². The van der Waals surface area contributed by atoms with Crippen molar-refractivity contribution in [1.29, 1.82) is 5.26 Å². The minimum atomic E-state index is -0.895. The lowest BCUT2D eigenvalue weighted by atomic mass is 9.96. The Morgan fingerprint density at radius 3 is 2.56 bits per heavy atom. The average molecular weight is 613 g/mol. The number of hydrogen-bond acceptors (Lipinski definition) is 6. The van der Waals surface area contributed by atoms with Gasteiger partial charge in [-0.15, -0.1) is 0 Å². The molecule has 4 rings (SSSR count). The van der Waals surface area contributed by atoms with Gasteiger partial charge in [0.25, 0.3) is 11.8 Å². The quantitative estimate of drug-likeness (QED) is 0.138. The molecule has 0 aliphatic carbocycles. The van der Waals surface area contributed by atoms with E-state index in [9.17, 15) is 24.4 Å². The number of hydrogen-bond donors (Lipinski definition) is 5. The van der Waals surface area contributed by atoms with Gasteiger partial charge in [-0.1, -0.05) is 50.2 Å². The van der Waals surface area contributed by atoms with Crippen molar-refractivity contribution in [3.63, 3.8) is 0 Å². The number of methoxy groups -OCH3 is 1. The molecule has 0 spiro atoms. The molecule has 1 saturated heterocycles. The summed E-state index contributed by atoms with van der Waals surface area (Å²) >= 11 is 0. The highest BCUT2D eigenvalue weighted by Gasteiger charge is 2.28. The molecule has 11 nitrogen and oxygen atoms in total. The third-order valence-electron chi connectivity index (χ3n) is 7.76. The second-order valence-corrected chi connectivity index (χ2v) is 11.6. The molecule has 1 aromatic heterocycles. The molecule has 236 valence electrons. The Morgan fingerprint density at radius 1 is 1.11 bits per heavy atom. The minimum absolute atomic E-state index is 0.0509. The molecular formula is C34H40N6O5. The van der Waals surface area contributed by atoms with Gasteiger partial charge in [-0.05, 0) is 61.4 Å². The van der Waals surface area contributed by atoms with Gasteiger partial charge in [0.15, 0.2) is 0 Å². The van der Waals surface area contributed by atoms with E-state index in [4.69, 9.17) is 4.74 Å². The fraction of sp³-hybridized carbons (Fsp3) is 0.382. The number of rotatable bonds is 14. The number of nitrogens with one attached hydrogen (secondary N) is 5. The molecule has 0 radical (unpaired) electrons. The number of carbonyl (C=O) groups excluding carboxylic acids is 4. The molecule has 5 N–H and O–H groups in total. The number of carbonyl (C=O) groups is 4. The van der Waals surface area contributed by atoms with Crippen LogP contribution in [0.15, 0.2) is 66.2 Å². The third kappa shape index (κ3) is 8.95. The van der Waals surface area contributed by atoms with E-state index in [1.165, 1.54) is 6.08 Å². The fourth-order valence-electron chi connectivity index (χ4n) is 5.39. The van der Waals surface area contributed by atoms with Gasteiger partial charge in [-0.25, -0.2) is 0 Å². The molecule has 1 aliphatic heterocycles. The van der Waals surface area contributed by atoms with Crippen LogP contribution in [0.3, 0.4) is 0 Å². The van der Waals surface area contributed by atoms with E-state index in [-0.39, 0.29) is 35.6 Å². The molecule has 1 fully saturated rings. The van der Waals surface area contributed by atoms with E-state index in [0.29, 0.717) is 38.0 Å². The zero-order valence-corrected chi connectivity index (χ0v) is 25.8. The molecule has 2 heterocycles. The lowest BCUT2D eigenvalue weighted by Gasteiger charge is -2.24. The number of amides is 4. The predicted octanol–water partition coefficient (Wildman–Crippen LogP) is 3.49. The number of H-pyrrole nitrogens is 1. The van der Waals surface area contributed by atoms with Crippen molar-refractivity contribution in [3.05, 3.63) is 77.5 Å². The summed E-state index contributed by atoms with van der Waals surface area (Å²) in [5.41, 5.74) is 1.73. The number of aromatic amines is 1. The summed E-state index contributed by atoms with van der Waals surface area (Å²) in [6, 6.07) is 16.8. The van der Waals surface area contributed by atoms with E-state index in [0.717, 1.165) is 16.5 Å². The van der Waals surface area contributed by atoms with Crippen molar-refractivity contribution in [2.75, 3.05) is 13.7 Å². The van der Waals surface area contributed by atoms with Crippen LogP contribution in [0.1, 0.15) is 55.6 Å². The molecule has 0 saturated carbocycles. The van der Waals surface area contributed by atoms with Crippen molar-refractivity contribution in [1.82, 2.24) is 26.3 Å². The number of nitrogens with zero attached hydrogens (tertiary/aromatic N) is 1. The summed E-state index contributed by atoms with van der Waals surface area (Å²) < 4.78 is 5.40. The summed E-state index contributed by atoms with van der Waals surface area (Å²) in [5, 5.41) is 21.9. The van der Waals surface area contributed by atoms with Crippen LogP contribution in [0.25, 0.3) is 10.9 Å². The third-order valence-corrected chi connectivity index (χ3v) is 7.76. The summed E-state index contributed by atoms with van der Waals surface area (Å²) in [6.07, 6.45) is 3.24. The second kappa shape index (κ2) is 15.6. The average Bonchev–Trinajstić information content (AvgIpc) is 3.66. The molecule has 4 amide bonds. The van der Waals surface area contributed by atoms with Gasteiger partial charge in [-0.3, -0.25) is 19.2 Å². The first kappa shape index (κ1) is 32.8. The lowest BCUT2D eigenvalue weighted by Crippen LogP contribution is -2.50. The first-order chi connectivity index (χ1) is 21.7. The summed E-state index contributed by atoms with van der Waals surface area (Å²) in [5.74, 6) is -1.07. The Balaban J connectivity index is 1.51. The van der Waals surface area contributed by atoms with Crippen LogP contribution < -0.4 is 26.0 Å². The summed E-state index contributed by atoms with van der Waals surface area (Å²) in [7, 11) is 1.55. The minimum Gasteiger partial charge on any atom is -0.496 e. The van der Waals surface area contributed by atoms with Gasteiger partial charge < -0.3 is 31.0 Å². The number of ether oxygens (including phenoxy) is 1. The summed E-state index contributed by atoms with van der Waals surface area (Å²) in [4.78, 5) is 55.2. The van der Waals surface area contributed by atoms with Crippen molar-refractivity contribution >= 4 is 34.5 Å². The van der Waals surface area contributed by atoms with Crippen molar-refractivity contribution < 1.29 is 23.9 Å². The van der Waals surface area contributed by atoms with Gasteiger partial charge in [0.1, 0.15) is 29.1 Å². The van der Waals surface area contributed by atoms with Gasteiger partial charge in [0.2, 0.25) is 11.8 Å². The Hall–Kier alpha value is -5.11. The van der Waals surface area contributed by atoms with E-state index in [2.05, 4.69) is 26.3 Å². The van der Waals surface area contributed by atoms with Crippen LogP contribution in [0.4, 0.5) is 0 Å². The second-order valence-electron chi connectivity index (χ2n) is 11.6. The molecule has 3 atom stereocenters. The molecule has 11 heteroatoms. The van der Waals surface area contributed by atoms with Gasteiger partial charge in [-0.2, -0.15) is 5.26 Å². The highest BCUT2D eigenvalue weighted by Crippen LogP contribution is 2.26. The van der Waals surface area contributed by atoms with E-state index < -0.39 is 29.8 Å². The normalized spacial score (nSPS) is 16.0. The Labute approximate surface area is 262 Å². The fourth-order valence-corrected chi connectivity index (χ4v) is 5.39. The molecule has 2 aromatic carbocycles. The van der Waals surface area contributed by atoms with E-state index >= 15 is 0 Å². The van der Waals surface area contributed by atoms with Gasteiger partial charge in [0.05, 0.1) is 7.11 Å². The van der Waals surface area contributed by atoms with E-state index in [1.54, 1.807) is 19.2 Å². The highest BCUT2D eigenvalue weighted by molar-refractivity contribution is 6.01. The predicted molar refractivity (Wildman–Crippen MR) is 170 cm³/mol. The molecular weight excluding hydrogens is 572 g/mol. The topological polar surface area (TPSA) is 165 Å². The first-order valence-electron chi connectivity index (χ1n) is 15.2. The Bertz CT molecular complexity index is 1590. The van der Waals surface area contributed by atoms with Crippen LogP contribution in [0.5, 0.6) is 5.75 Å². The number of nitriles is 1. The van der Waals surface area contributed by atoms with Crippen molar-refractivity contribution in [2.24, 2.45) is 11.8 Å². The number of aromatic nitrogens is 1. The zero-order valence-electron chi connectivity index (χ0n) is 25.8. The largest absolute Gasteiger partial charge is 0.496 e. The number of benzene rings is 2. The van der Waals surface area contributed by atoms with Crippen molar-refractivity contribution in [2.45, 2.75) is 58.2 Å². The molecule has 1 unspecified atom stereocenters.